The van der Waals surface area contributed by atoms with Crippen LogP contribution < -0.4 is 0 Å². The Morgan fingerprint density at radius 1 is 1.33 bits per heavy atom. The Morgan fingerprint density at radius 3 is 2.78 bits per heavy atom. The molecule has 5 nitrogen and oxygen atoms in total. The fourth-order valence-electron chi connectivity index (χ4n) is 1.14. The number of halogens is 2. The van der Waals surface area contributed by atoms with Crippen molar-refractivity contribution in [1.82, 2.24) is 10.2 Å². The molecular weight excluding hydrogens is 266 g/mol. The Morgan fingerprint density at radius 2 is 2.11 bits per heavy atom. The summed E-state index contributed by atoms with van der Waals surface area (Å²) in [5, 5.41) is 15.7. The van der Waals surface area contributed by atoms with Gasteiger partial charge in [0, 0.05) is 5.56 Å². The van der Waals surface area contributed by atoms with Crippen LogP contribution in [-0.4, -0.2) is 27.0 Å². The number of thioether (sulfide) groups is 1. The lowest BCUT2D eigenvalue weighted by atomic mass is 10.2. The number of benzene rings is 1. The first-order valence-corrected chi connectivity index (χ1v) is 5.68. The van der Waals surface area contributed by atoms with Gasteiger partial charge in [0.2, 0.25) is 5.89 Å². The molecule has 94 valence electrons. The highest BCUT2D eigenvalue weighted by molar-refractivity contribution is 7.99. The molecule has 0 fully saturated rings. The second-order valence-corrected chi connectivity index (χ2v) is 4.11. The van der Waals surface area contributed by atoms with Crippen molar-refractivity contribution >= 4 is 17.7 Å². The van der Waals surface area contributed by atoms with Crippen LogP contribution in [0.3, 0.4) is 0 Å². The van der Waals surface area contributed by atoms with Gasteiger partial charge in [-0.2, -0.15) is 0 Å². The molecule has 2 aromatic rings. The van der Waals surface area contributed by atoms with E-state index in [-0.39, 0.29) is 22.4 Å². The van der Waals surface area contributed by atoms with E-state index in [1.807, 2.05) is 0 Å². The maximum Gasteiger partial charge on any atom is 0.314 e. The number of carboxylic acid groups (broad SMARTS) is 1. The van der Waals surface area contributed by atoms with Crippen LogP contribution in [-0.2, 0) is 4.79 Å². The molecule has 0 radical (unpaired) electrons. The van der Waals surface area contributed by atoms with Crippen LogP contribution in [0.5, 0.6) is 0 Å². The summed E-state index contributed by atoms with van der Waals surface area (Å²) in [4.78, 5) is 10.3. The summed E-state index contributed by atoms with van der Waals surface area (Å²) in [7, 11) is 0. The smallest absolute Gasteiger partial charge is 0.314 e. The number of rotatable bonds is 4. The van der Waals surface area contributed by atoms with E-state index in [9.17, 15) is 13.6 Å². The lowest BCUT2D eigenvalue weighted by molar-refractivity contribution is -0.133. The largest absolute Gasteiger partial charge is 0.481 e. The van der Waals surface area contributed by atoms with Gasteiger partial charge in [0.05, 0.1) is 0 Å². The highest BCUT2D eigenvalue weighted by Gasteiger charge is 2.12. The number of aliphatic carboxylic acids is 1. The topological polar surface area (TPSA) is 76.2 Å². The molecule has 0 aliphatic heterocycles. The standard InChI is InChI=1S/C10H6F2N2O3S/c11-6-2-1-5(3-7(6)12)9-13-14-10(17-9)18-4-8(15)16/h1-3H,4H2,(H,15,16). The minimum Gasteiger partial charge on any atom is -0.481 e. The summed E-state index contributed by atoms with van der Waals surface area (Å²) in [6, 6.07) is 3.16. The van der Waals surface area contributed by atoms with E-state index in [0.717, 1.165) is 23.9 Å². The monoisotopic (exact) mass is 272 g/mol. The Balaban J connectivity index is 2.18. The van der Waals surface area contributed by atoms with E-state index >= 15 is 0 Å². The summed E-state index contributed by atoms with van der Waals surface area (Å²) in [5.74, 6) is -3.24. The average Bonchev–Trinajstić information content (AvgIpc) is 2.79. The number of hydrogen-bond acceptors (Lipinski definition) is 5. The SMILES string of the molecule is O=C(O)CSc1nnc(-c2ccc(F)c(F)c2)o1. The van der Waals surface area contributed by atoms with E-state index in [4.69, 9.17) is 9.52 Å². The van der Waals surface area contributed by atoms with Gasteiger partial charge in [-0.3, -0.25) is 4.79 Å². The first kappa shape index (κ1) is 12.5. The molecule has 0 saturated heterocycles. The average molecular weight is 272 g/mol. The third-order valence-electron chi connectivity index (χ3n) is 1.89. The minimum absolute atomic E-state index is 0.00166. The van der Waals surface area contributed by atoms with Crippen LogP contribution in [0, 0.1) is 11.6 Å². The zero-order valence-corrected chi connectivity index (χ0v) is 9.58. The van der Waals surface area contributed by atoms with Gasteiger partial charge in [0.15, 0.2) is 11.6 Å². The summed E-state index contributed by atoms with van der Waals surface area (Å²) < 4.78 is 30.8. The fourth-order valence-corrected chi connectivity index (χ4v) is 1.62. The Hall–Kier alpha value is -1.96. The highest BCUT2D eigenvalue weighted by Crippen LogP contribution is 2.24. The van der Waals surface area contributed by atoms with Crippen molar-refractivity contribution in [2.24, 2.45) is 0 Å². The van der Waals surface area contributed by atoms with Crippen molar-refractivity contribution < 1.29 is 23.1 Å². The number of aromatic nitrogens is 2. The molecule has 0 atom stereocenters. The first-order valence-electron chi connectivity index (χ1n) is 4.70. The van der Waals surface area contributed by atoms with E-state index in [0.29, 0.717) is 0 Å². The molecule has 0 aliphatic carbocycles. The summed E-state index contributed by atoms with van der Waals surface area (Å²) in [6.07, 6.45) is 0. The molecule has 0 bridgehead atoms. The molecule has 1 N–H and O–H groups in total. The second kappa shape index (κ2) is 5.13. The Bertz CT molecular complexity index is 588. The summed E-state index contributed by atoms with van der Waals surface area (Å²) in [6.45, 7) is 0. The van der Waals surface area contributed by atoms with Crippen LogP contribution in [0.2, 0.25) is 0 Å². The molecular formula is C10H6F2N2O3S. The number of carboxylic acids is 1. The molecule has 8 heteroatoms. The predicted molar refractivity (Wildman–Crippen MR) is 58.0 cm³/mol. The van der Waals surface area contributed by atoms with Gasteiger partial charge in [-0.1, -0.05) is 11.8 Å². The lowest BCUT2D eigenvalue weighted by Gasteiger charge is -1.95. The van der Waals surface area contributed by atoms with Crippen molar-refractivity contribution in [3.63, 3.8) is 0 Å². The molecule has 18 heavy (non-hydrogen) atoms. The molecule has 0 aliphatic rings. The normalized spacial score (nSPS) is 10.6. The van der Waals surface area contributed by atoms with Crippen LogP contribution in [0.15, 0.2) is 27.8 Å². The van der Waals surface area contributed by atoms with Gasteiger partial charge in [-0.05, 0) is 18.2 Å². The maximum atomic E-state index is 13.0. The van der Waals surface area contributed by atoms with Gasteiger partial charge >= 0.3 is 5.97 Å². The number of carbonyl (C=O) groups is 1. The molecule has 0 amide bonds. The molecule has 0 saturated carbocycles. The van der Waals surface area contributed by atoms with Crippen molar-refractivity contribution in [3.05, 3.63) is 29.8 Å². The number of hydrogen-bond donors (Lipinski definition) is 1. The third-order valence-corrected chi connectivity index (χ3v) is 2.70. The highest BCUT2D eigenvalue weighted by atomic mass is 32.2. The van der Waals surface area contributed by atoms with E-state index < -0.39 is 17.6 Å². The number of nitrogens with zero attached hydrogens (tertiary/aromatic N) is 2. The molecule has 0 unspecified atom stereocenters. The van der Waals surface area contributed by atoms with Gasteiger partial charge in [-0.25, -0.2) is 8.78 Å². The van der Waals surface area contributed by atoms with Crippen molar-refractivity contribution in [1.29, 1.82) is 0 Å². The van der Waals surface area contributed by atoms with Crippen molar-refractivity contribution in [2.45, 2.75) is 5.22 Å². The summed E-state index contributed by atoms with van der Waals surface area (Å²) >= 11 is 0.844. The second-order valence-electron chi connectivity index (χ2n) is 3.18. The van der Waals surface area contributed by atoms with Crippen LogP contribution >= 0.6 is 11.8 Å². The van der Waals surface area contributed by atoms with Crippen LogP contribution in [0.4, 0.5) is 8.78 Å². The van der Waals surface area contributed by atoms with Crippen LogP contribution in [0.1, 0.15) is 0 Å². The molecule has 1 heterocycles. The molecule has 1 aromatic heterocycles. The zero-order valence-electron chi connectivity index (χ0n) is 8.76. The van der Waals surface area contributed by atoms with E-state index in [1.165, 1.54) is 6.07 Å². The molecule has 2 rings (SSSR count). The molecule has 0 spiro atoms. The van der Waals surface area contributed by atoms with Gasteiger partial charge in [0.25, 0.3) is 5.22 Å². The van der Waals surface area contributed by atoms with Crippen molar-refractivity contribution in [2.75, 3.05) is 5.75 Å². The lowest BCUT2D eigenvalue weighted by Crippen LogP contribution is -1.97. The fraction of sp³-hybridized carbons (Fsp3) is 0.100. The minimum atomic E-state index is -1.02. The Labute approximate surface area is 104 Å². The molecule has 1 aromatic carbocycles. The van der Waals surface area contributed by atoms with Gasteiger partial charge in [0.1, 0.15) is 5.75 Å². The zero-order chi connectivity index (χ0) is 13.1. The van der Waals surface area contributed by atoms with E-state index in [1.54, 1.807) is 0 Å². The van der Waals surface area contributed by atoms with Gasteiger partial charge in [-0.15, -0.1) is 10.2 Å². The maximum absolute atomic E-state index is 13.0. The van der Waals surface area contributed by atoms with Gasteiger partial charge < -0.3 is 9.52 Å². The predicted octanol–water partition coefficient (Wildman–Crippen LogP) is 2.19. The Kier molecular flexibility index (Phi) is 3.56. The first-order chi connectivity index (χ1) is 8.56. The third kappa shape index (κ3) is 2.83. The summed E-state index contributed by atoms with van der Waals surface area (Å²) in [5.41, 5.74) is 0.226. The van der Waals surface area contributed by atoms with Crippen LogP contribution in [0.25, 0.3) is 11.5 Å². The quantitative estimate of drug-likeness (QED) is 0.860. The van der Waals surface area contributed by atoms with E-state index in [2.05, 4.69) is 10.2 Å². The van der Waals surface area contributed by atoms with Crippen molar-refractivity contribution in [3.8, 4) is 11.5 Å².